The number of hydrogen-bond donors (Lipinski definition) is 2. The Morgan fingerprint density at radius 3 is 2.35 bits per heavy atom. The molecule has 3 N–H and O–H groups in total. The number of hydrogen-bond acceptors (Lipinski definition) is 3. The fourth-order valence-electron chi connectivity index (χ4n) is 3.01. The highest BCUT2D eigenvalue weighted by atomic mass is 32.2. The molecule has 0 amide bonds. The first-order chi connectivity index (χ1) is 9.39. The van der Waals surface area contributed by atoms with Gasteiger partial charge in [-0.1, -0.05) is 25.7 Å². The van der Waals surface area contributed by atoms with Gasteiger partial charge < -0.3 is 11.1 Å². The lowest BCUT2D eigenvalue weighted by atomic mass is 10.1. The summed E-state index contributed by atoms with van der Waals surface area (Å²) in [5, 5.41) is 3.30. The zero-order chi connectivity index (χ0) is 14.6. The number of nitrogens with one attached hydrogen (secondary N) is 1. The number of sulfone groups is 1. The average Bonchev–Trinajstić information content (AvgIpc) is 3.10. The van der Waals surface area contributed by atoms with Crippen LogP contribution in [-0.4, -0.2) is 39.0 Å². The molecular formula is C14H27N3O2S. The number of nitrogens with zero attached hydrogens (tertiary/aromatic N) is 1. The Kier molecular flexibility index (Phi) is 4.94. The smallest absolute Gasteiger partial charge is 0.188 e. The fourth-order valence-corrected chi connectivity index (χ4v) is 4.50. The molecule has 0 aromatic rings. The van der Waals surface area contributed by atoms with Crippen molar-refractivity contribution in [3.8, 4) is 0 Å². The summed E-state index contributed by atoms with van der Waals surface area (Å²) in [5.41, 5.74) is 5.81. The van der Waals surface area contributed by atoms with Gasteiger partial charge in [0, 0.05) is 24.3 Å². The maximum Gasteiger partial charge on any atom is 0.188 e. The van der Waals surface area contributed by atoms with Crippen LogP contribution in [0.4, 0.5) is 0 Å². The van der Waals surface area contributed by atoms with Crippen LogP contribution in [0.15, 0.2) is 4.99 Å². The Balaban J connectivity index is 1.81. The Morgan fingerprint density at radius 1 is 1.25 bits per heavy atom. The molecule has 0 aromatic heterocycles. The van der Waals surface area contributed by atoms with Crippen LogP contribution >= 0.6 is 0 Å². The van der Waals surface area contributed by atoms with Gasteiger partial charge >= 0.3 is 0 Å². The molecule has 116 valence electrons. The third kappa shape index (κ3) is 5.31. The van der Waals surface area contributed by atoms with Crippen LogP contribution in [-0.2, 0) is 9.84 Å². The van der Waals surface area contributed by atoms with E-state index in [2.05, 4.69) is 10.3 Å². The van der Waals surface area contributed by atoms with Crippen LogP contribution in [0.3, 0.4) is 0 Å². The molecule has 2 saturated carbocycles. The number of nitrogens with two attached hydrogens (primary N) is 1. The van der Waals surface area contributed by atoms with Crippen molar-refractivity contribution in [2.75, 3.05) is 18.6 Å². The predicted octanol–water partition coefficient (Wildman–Crippen LogP) is 1.44. The van der Waals surface area contributed by atoms with Gasteiger partial charge in [0.05, 0.1) is 5.75 Å². The monoisotopic (exact) mass is 301 g/mol. The standard InChI is InChI=1S/C14H27N3O2S/c1-20(18,19)11-14(8-9-14)10-16-13(15)17-12-6-4-2-3-5-7-12/h12H,2-11H2,1H3,(H3,15,16,17). The highest BCUT2D eigenvalue weighted by Gasteiger charge is 2.45. The molecule has 2 aliphatic rings. The molecule has 2 fully saturated rings. The third-order valence-electron chi connectivity index (χ3n) is 4.32. The van der Waals surface area contributed by atoms with E-state index in [0.717, 1.165) is 25.7 Å². The van der Waals surface area contributed by atoms with Gasteiger partial charge in [-0.2, -0.15) is 0 Å². The van der Waals surface area contributed by atoms with E-state index < -0.39 is 9.84 Å². The maximum atomic E-state index is 11.4. The predicted molar refractivity (Wildman–Crippen MR) is 82.5 cm³/mol. The molecule has 0 bridgehead atoms. The zero-order valence-electron chi connectivity index (χ0n) is 12.4. The highest BCUT2D eigenvalue weighted by molar-refractivity contribution is 7.90. The van der Waals surface area contributed by atoms with Crippen LogP contribution in [0.25, 0.3) is 0 Å². The lowest BCUT2D eigenvalue weighted by Gasteiger charge is -2.17. The van der Waals surface area contributed by atoms with Crippen molar-refractivity contribution < 1.29 is 8.42 Å². The van der Waals surface area contributed by atoms with Crippen molar-refractivity contribution in [1.82, 2.24) is 5.32 Å². The van der Waals surface area contributed by atoms with E-state index in [0.29, 0.717) is 18.5 Å². The van der Waals surface area contributed by atoms with E-state index in [-0.39, 0.29) is 11.2 Å². The Hall–Kier alpha value is -0.780. The van der Waals surface area contributed by atoms with Gasteiger partial charge in [-0.15, -0.1) is 0 Å². The lowest BCUT2D eigenvalue weighted by Crippen LogP contribution is -2.40. The van der Waals surface area contributed by atoms with Gasteiger partial charge in [0.25, 0.3) is 0 Å². The molecule has 6 heteroatoms. The van der Waals surface area contributed by atoms with E-state index in [1.54, 1.807) is 0 Å². The van der Waals surface area contributed by atoms with E-state index in [9.17, 15) is 8.42 Å². The first-order valence-electron chi connectivity index (χ1n) is 7.63. The molecule has 0 heterocycles. The van der Waals surface area contributed by atoms with Crippen molar-refractivity contribution in [2.24, 2.45) is 16.1 Å². The van der Waals surface area contributed by atoms with Crippen molar-refractivity contribution in [3.63, 3.8) is 0 Å². The van der Waals surface area contributed by atoms with Crippen LogP contribution in [0, 0.1) is 5.41 Å². The topological polar surface area (TPSA) is 84.5 Å². The van der Waals surface area contributed by atoms with Gasteiger partial charge in [-0.3, -0.25) is 4.99 Å². The summed E-state index contributed by atoms with van der Waals surface area (Å²) >= 11 is 0. The third-order valence-corrected chi connectivity index (χ3v) is 5.45. The Morgan fingerprint density at radius 2 is 1.85 bits per heavy atom. The summed E-state index contributed by atoms with van der Waals surface area (Å²) in [4.78, 5) is 4.39. The highest BCUT2D eigenvalue weighted by Crippen LogP contribution is 2.46. The Labute approximate surface area is 122 Å². The first kappa shape index (κ1) is 15.6. The molecule has 0 saturated heterocycles. The Bertz CT molecular complexity index is 447. The minimum Gasteiger partial charge on any atom is -0.370 e. The fraction of sp³-hybridized carbons (Fsp3) is 0.929. The van der Waals surface area contributed by atoms with Gasteiger partial charge in [0.1, 0.15) is 9.84 Å². The van der Waals surface area contributed by atoms with Gasteiger partial charge in [-0.25, -0.2) is 8.42 Å². The molecule has 0 atom stereocenters. The molecule has 5 nitrogen and oxygen atoms in total. The van der Waals surface area contributed by atoms with Gasteiger partial charge in [-0.05, 0) is 25.7 Å². The minimum atomic E-state index is -2.93. The number of aliphatic imine (C=N–C) groups is 1. The second kappa shape index (κ2) is 6.33. The molecule has 2 aliphatic carbocycles. The maximum absolute atomic E-state index is 11.4. The van der Waals surface area contributed by atoms with Crippen molar-refractivity contribution >= 4 is 15.8 Å². The van der Waals surface area contributed by atoms with Crippen molar-refractivity contribution in [2.45, 2.75) is 57.4 Å². The van der Waals surface area contributed by atoms with E-state index in [1.165, 1.54) is 31.9 Å². The summed E-state index contributed by atoms with van der Waals surface area (Å²) in [6.45, 7) is 0.533. The normalized spacial score (nSPS) is 24.1. The van der Waals surface area contributed by atoms with E-state index in [4.69, 9.17) is 5.73 Å². The summed E-state index contributed by atoms with van der Waals surface area (Å²) in [7, 11) is -2.93. The van der Waals surface area contributed by atoms with Gasteiger partial charge in [0.2, 0.25) is 0 Å². The molecule has 0 radical (unpaired) electrons. The molecular weight excluding hydrogens is 274 g/mol. The van der Waals surface area contributed by atoms with E-state index in [1.807, 2.05) is 0 Å². The molecule has 2 rings (SSSR count). The SMILES string of the molecule is CS(=O)(=O)CC1(CN=C(N)NC2CCCCCC2)CC1. The second-order valence-electron chi connectivity index (χ2n) is 6.60. The molecule has 0 spiro atoms. The largest absolute Gasteiger partial charge is 0.370 e. The molecule has 0 aromatic carbocycles. The second-order valence-corrected chi connectivity index (χ2v) is 8.74. The van der Waals surface area contributed by atoms with E-state index >= 15 is 0 Å². The van der Waals surface area contributed by atoms with Crippen LogP contribution in [0.5, 0.6) is 0 Å². The van der Waals surface area contributed by atoms with Gasteiger partial charge in [0.15, 0.2) is 5.96 Å². The summed E-state index contributed by atoms with van der Waals surface area (Å²) in [6, 6.07) is 0.436. The van der Waals surface area contributed by atoms with Crippen LogP contribution in [0.2, 0.25) is 0 Å². The first-order valence-corrected chi connectivity index (χ1v) is 9.69. The van der Waals surface area contributed by atoms with Crippen molar-refractivity contribution in [1.29, 1.82) is 0 Å². The quantitative estimate of drug-likeness (QED) is 0.457. The number of guanidine groups is 1. The summed E-state index contributed by atoms with van der Waals surface area (Å²) in [5.74, 6) is 0.719. The number of rotatable bonds is 5. The molecule has 0 unspecified atom stereocenters. The van der Waals surface area contributed by atoms with Crippen LogP contribution in [0.1, 0.15) is 51.4 Å². The van der Waals surface area contributed by atoms with Crippen molar-refractivity contribution in [3.05, 3.63) is 0 Å². The molecule has 0 aliphatic heterocycles. The lowest BCUT2D eigenvalue weighted by molar-refractivity contribution is 0.523. The zero-order valence-corrected chi connectivity index (χ0v) is 13.2. The minimum absolute atomic E-state index is 0.136. The summed E-state index contributed by atoms with van der Waals surface area (Å²) in [6.07, 6.45) is 10.6. The average molecular weight is 301 g/mol. The summed E-state index contributed by atoms with van der Waals surface area (Å²) < 4.78 is 22.8. The molecule has 20 heavy (non-hydrogen) atoms. The van der Waals surface area contributed by atoms with Crippen LogP contribution < -0.4 is 11.1 Å².